The van der Waals surface area contributed by atoms with E-state index in [1.165, 1.54) is 46.6 Å². The van der Waals surface area contributed by atoms with E-state index in [1.54, 1.807) is 12.1 Å². The third-order valence-corrected chi connectivity index (χ3v) is 4.36. The van der Waals surface area contributed by atoms with Crippen LogP contribution in [-0.2, 0) is 16.0 Å². The molecule has 0 aliphatic heterocycles. The smallest absolute Gasteiger partial charge is 0.337 e. The van der Waals surface area contributed by atoms with Crippen molar-refractivity contribution in [2.75, 3.05) is 33.8 Å². The van der Waals surface area contributed by atoms with Gasteiger partial charge in [-0.25, -0.2) is 4.79 Å². The van der Waals surface area contributed by atoms with Crippen LogP contribution in [0.4, 0.5) is 5.69 Å². The molecule has 0 heterocycles. The molecule has 7 nitrogen and oxygen atoms in total. The maximum absolute atomic E-state index is 12.3. The number of halogens is 1. The molecule has 0 bridgehead atoms. The van der Waals surface area contributed by atoms with Gasteiger partial charge in [0.05, 0.1) is 44.7 Å². The molecule has 8 heteroatoms. The molecule has 0 spiro atoms. The Morgan fingerprint density at radius 2 is 1.61 bits per heavy atom. The number of hydrogen-bond acceptors (Lipinski definition) is 6. The lowest BCUT2D eigenvalue weighted by Crippen LogP contribution is -2.13. The molecule has 0 unspecified atom stereocenters. The van der Waals surface area contributed by atoms with Crippen LogP contribution in [0.3, 0.4) is 0 Å². The van der Waals surface area contributed by atoms with Crippen LogP contribution >= 0.6 is 11.6 Å². The number of amides is 1. The number of rotatable bonds is 8. The zero-order valence-electron chi connectivity index (χ0n) is 16.1. The van der Waals surface area contributed by atoms with Gasteiger partial charge >= 0.3 is 5.97 Å². The van der Waals surface area contributed by atoms with Crippen LogP contribution in [0.15, 0.2) is 30.3 Å². The van der Waals surface area contributed by atoms with Crippen LogP contribution in [-0.4, -0.2) is 40.3 Å². The quantitative estimate of drug-likeness (QED) is 0.671. The third-order valence-electron chi connectivity index (χ3n) is 4.03. The Bertz CT molecular complexity index is 843. The maximum atomic E-state index is 12.3. The number of carbonyl (C=O) groups is 2. The van der Waals surface area contributed by atoms with Crippen molar-refractivity contribution in [3.63, 3.8) is 0 Å². The summed E-state index contributed by atoms with van der Waals surface area (Å²) in [6, 6.07) is 8.12. The zero-order valence-corrected chi connectivity index (χ0v) is 16.9. The lowest BCUT2D eigenvalue weighted by Gasteiger charge is -2.14. The van der Waals surface area contributed by atoms with Gasteiger partial charge in [0, 0.05) is 6.42 Å². The van der Waals surface area contributed by atoms with Gasteiger partial charge in [-0.15, -0.1) is 0 Å². The second kappa shape index (κ2) is 9.85. The lowest BCUT2D eigenvalue weighted by molar-refractivity contribution is -0.116. The summed E-state index contributed by atoms with van der Waals surface area (Å²) in [6.07, 6.45) is 0.633. The minimum absolute atomic E-state index is 0.192. The van der Waals surface area contributed by atoms with Gasteiger partial charge in [0.25, 0.3) is 0 Å². The topological polar surface area (TPSA) is 83.1 Å². The van der Waals surface area contributed by atoms with Crippen molar-refractivity contribution in [1.82, 2.24) is 0 Å². The van der Waals surface area contributed by atoms with Crippen molar-refractivity contribution in [3.8, 4) is 17.2 Å². The maximum Gasteiger partial charge on any atom is 0.337 e. The molecule has 2 aromatic carbocycles. The summed E-state index contributed by atoms with van der Waals surface area (Å²) in [5, 5.41) is 3.04. The molecule has 0 atom stereocenters. The first-order valence-electron chi connectivity index (χ1n) is 8.40. The van der Waals surface area contributed by atoms with E-state index >= 15 is 0 Å². The number of carbonyl (C=O) groups excluding carboxylic acids is 2. The molecule has 150 valence electrons. The number of nitrogens with one attached hydrogen (secondary N) is 1. The Hall–Kier alpha value is -2.93. The first-order valence-corrected chi connectivity index (χ1v) is 8.77. The van der Waals surface area contributed by atoms with E-state index in [4.69, 9.17) is 25.8 Å². The molecule has 28 heavy (non-hydrogen) atoms. The fraction of sp³-hybridized carbons (Fsp3) is 0.300. The van der Waals surface area contributed by atoms with Crippen LogP contribution in [0.1, 0.15) is 22.3 Å². The number of benzene rings is 2. The second-order valence-corrected chi connectivity index (χ2v) is 6.18. The first kappa shape index (κ1) is 21.4. The van der Waals surface area contributed by atoms with Crippen molar-refractivity contribution >= 4 is 29.2 Å². The highest BCUT2D eigenvalue weighted by Gasteiger charge is 2.15. The van der Waals surface area contributed by atoms with Gasteiger partial charge in [-0.05, 0) is 42.3 Å². The van der Waals surface area contributed by atoms with Crippen molar-refractivity contribution in [3.05, 3.63) is 46.5 Å². The van der Waals surface area contributed by atoms with Crippen LogP contribution in [0.5, 0.6) is 17.2 Å². The van der Waals surface area contributed by atoms with Gasteiger partial charge in [0.2, 0.25) is 11.7 Å². The van der Waals surface area contributed by atoms with Crippen molar-refractivity contribution < 1.29 is 28.5 Å². The van der Waals surface area contributed by atoms with Crippen molar-refractivity contribution in [2.24, 2.45) is 0 Å². The highest BCUT2D eigenvalue weighted by atomic mass is 35.5. The summed E-state index contributed by atoms with van der Waals surface area (Å²) >= 11 is 6.10. The van der Waals surface area contributed by atoms with E-state index < -0.39 is 5.97 Å². The Labute approximate surface area is 168 Å². The summed E-state index contributed by atoms with van der Waals surface area (Å²) in [5.41, 5.74) is 1.49. The van der Waals surface area contributed by atoms with Gasteiger partial charge in [-0.1, -0.05) is 11.6 Å². The normalized spacial score (nSPS) is 10.2. The molecule has 1 N–H and O–H groups in total. The Morgan fingerprint density at radius 3 is 2.14 bits per heavy atom. The first-order chi connectivity index (χ1) is 13.4. The fourth-order valence-electron chi connectivity index (χ4n) is 2.62. The molecule has 0 fully saturated rings. The summed E-state index contributed by atoms with van der Waals surface area (Å²) in [6.45, 7) is 0. The Kier molecular flexibility index (Phi) is 7.52. The SMILES string of the molecule is COC(=O)c1ccc(Cl)c(NC(=O)CCc2cc(OC)c(OC)c(OC)c2)c1. The fourth-order valence-corrected chi connectivity index (χ4v) is 2.78. The molecule has 1 amide bonds. The third kappa shape index (κ3) is 5.07. The molecular weight excluding hydrogens is 386 g/mol. The van der Waals surface area contributed by atoms with Gasteiger partial charge in [0.15, 0.2) is 11.5 Å². The number of ether oxygens (including phenoxy) is 4. The number of anilines is 1. The molecule has 0 aliphatic rings. The van der Waals surface area contributed by atoms with Gasteiger partial charge in [-0.2, -0.15) is 0 Å². The number of methoxy groups -OCH3 is 4. The zero-order chi connectivity index (χ0) is 20.7. The van der Waals surface area contributed by atoms with E-state index in [1.807, 2.05) is 0 Å². The number of hydrogen-bond donors (Lipinski definition) is 1. The molecular formula is C20H22ClNO6. The minimum atomic E-state index is -0.510. The van der Waals surface area contributed by atoms with E-state index in [0.29, 0.717) is 39.9 Å². The van der Waals surface area contributed by atoms with Crippen molar-refractivity contribution in [2.45, 2.75) is 12.8 Å². The molecule has 0 aromatic heterocycles. The summed E-state index contributed by atoms with van der Waals surface area (Å²) in [5.74, 6) is 0.768. The number of aryl methyl sites for hydroxylation is 1. The summed E-state index contributed by atoms with van der Waals surface area (Å²) < 4.78 is 20.6. The van der Waals surface area contributed by atoms with Crippen LogP contribution in [0.2, 0.25) is 5.02 Å². The van der Waals surface area contributed by atoms with Crippen molar-refractivity contribution in [1.29, 1.82) is 0 Å². The average Bonchev–Trinajstić information content (AvgIpc) is 2.72. The highest BCUT2D eigenvalue weighted by Crippen LogP contribution is 2.38. The number of esters is 1. The average molecular weight is 408 g/mol. The van der Waals surface area contributed by atoms with Crippen LogP contribution in [0.25, 0.3) is 0 Å². The van der Waals surface area contributed by atoms with E-state index in [0.717, 1.165) is 5.56 Å². The molecule has 0 aliphatic carbocycles. The van der Waals surface area contributed by atoms with E-state index in [2.05, 4.69) is 10.1 Å². The van der Waals surface area contributed by atoms with Gasteiger partial charge in [0.1, 0.15) is 0 Å². The highest BCUT2D eigenvalue weighted by molar-refractivity contribution is 6.33. The molecule has 0 radical (unpaired) electrons. The summed E-state index contributed by atoms with van der Waals surface area (Å²) in [7, 11) is 5.88. The predicted octanol–water partition coefficient (Wildman–Crippen LogP) is 3.72. The van der Waals surface area contributed by atoms with E-state index in [9.17, 15) is 9.59 Å². The molecule has 2 aromatic rings. The van der Waals surface area contributed by atoms with Crippen LogP contribution in [0, 0.1) is 0 Å². The van der Waals surface area contributed by atoms with E-state index in [-0.39, 0.29) is 12.3 Å². The Balaban J connectivity index is 2.10. The molecule has 0 saturated heterocycles. The van der Waals surface area contributed by atoms with Crippen LogP contribution < -0.4 is 19.5 Å². The second-order valence-electron chi connectivity index (χ2n) is 5.77. The molecule has 0 saturated carbocycles. The monoisotopic (exact) mass is 407 g/mol. The van der Waals surface area contributed by atoms with Gasteiger partial charge < -0.3 is 24.3 Å². The standard InChI is InChI=1S/C20H22ClNO6/c1-25-16-9-12(10-17(26-2)19(16)27-3)5-8-18(23)22-15-11-13(20(24)28-4)6-7-14(15)21/h6-7,9-11H,5,8H2,1-4H3,(H,22,23). The molecule has 2 rings (SSSR count). The minimum Gasteiger partial charge on any atom is -0.493 e. The lowest BCUT2D eigenvalue weighted by atomic mass is 10.1. The Morgan fingerprint density at radius 1 is 0.964 bits per heavy atom. The largest absolute Gasteiger partial charge is 0.493 e. The van der Waals surface area contributed by atoms with Gasteiger partial charge in [-0.3, -0.25) is 4.79 Å². The summed E-state index contributed by atoms with van der Waals surface area (Å²) in [4.78, 5) is 24.0. The predicted molar refractivity (Wildman–Crippen MR) is 106 cm³/mol.